The first kappa shape index (κ1) is 15.8. The molecule has 1 aliphatic heterocycles. The number of hydrogen-bond acceptors (Lipinski definition) is 3. The Labute approximate surface area is 126 Å². The van der Waals surface area contributed by atoms with Crippen molar-refractivity contribution >= 4 is 11.7 Å². The number of urea groups is 1. The Morgan fingerprint density at radius 3 is 2.90 bits per heavy atom. The van der Waals surface area contributed by atoms with E-state index in [0.717, 1.165) is 24.9 Å². The molecule has 3 N–H and O–H groups in total. The fourth-order valence-corrected chi connectivity index (χ4v) is 2.65. The summed E-state index contributed by atoms with van der Waals surface area (Å²) in [6.07, 6.45) is 1.41. The third-order valence-electron chi connectivity index (χ3n) is 4.17. The van der Waals surface area contributed by atoms with Gasteiger partial charge in [0.05, 0.1) is 6.10 Å². The number of carbonyl (C=O) groups excluding carboxylic acids is 1. The molecule has 5 heteroatoms. The van der Waals surface area contributed by atoms with Crippen LogP contribution < -0.4 is 10.6 Å². The minimum absolute atomic E-state index is 0.181. The summed E-state index contributed by atoms with van der Waals surface area (Å²) in [7, 11) is 2.11. The number of amides is 2. The van der Waals surface area contributed by atoms with E-state index in [1.54, 1.807) is 13.0 Å². The van der Waals surface area contributed by atoms with E-state index in [-0.39, 0.29) is 12.1 Å². The molecule has 0 spiro atoms. The van der Waals surface area contributed by atoms with Crippen molar-refractivity contribution < 1.29 is 9.90 Å². The Hall–Kier alpha value is -1.59. The third-order valence-corrected chi connectivity index (χ3v) is 4.17. The molecule has 21 heavy (non-hydrogen) atoms. The number of piperidine rings is 1. The highest BCUT2D eigenvalue weighted by Gasteiger charge is 2.23. The molecule has 1 fully saturated rings. The number of aliphatic hydroxyl groups excluding tert-OH is 1. The highest BCUT2D eigenvalue weighted by atomic mass is 16.3. The largest absolute Gasteiger partial charge is 0.389 e. The maximum atomic E-state index is 12.1. The van der Waals surface area contributed by atoms with Crippen molar-refractivity contribution in [3.8, 4) is 0 Å². The molecule has 0 aromatic heterocycles. The standard InChI is InChI=1S/C16H25N3O2/c1-11-9-15(7-8-19(11)3)18-16(21)17-14-6-4-5-13(10-14)12(2)20/h4-6,10-12,15,20H,7-9H2,1-3H3,(H2,17,18,21). The van der Waals surface area contributed by atoms with Crippen LogP contribution in [0.4, 0.5) is 10.5 Å². The monoisotopic (exact) mass is 291 g/mol. The molecule has 0 bridgehead atoms. The second-order valence-corrected chi connectivity index (χ2v) is 5.95. The molecule has 1 heterocycles. The number of rotatable bonds is 3. The normalized spacial score (nSPS) is 24.4. The Morgan fingerprint density at radius 2 is 2.24 bits per heavy atom. The van der Waals surface area contributed by atoms with Crippen LogP contribution in [0.5, 0.6) is 0 Å². The topological polar surface area (TPSA) is 64.6 Å². The fraction of sp³-hybridized carbons (Fsp3) is 0.562. The number of anilines is 1. The Balaban J connectivity index is 1.88. The number of likely N-dealkylation sites (tertiary alicyclic amines) is 1. The molecule has 1 aromatic rings. The van der Waals surface area contributed by atoms with Gasteiger partial charge < -0.3 is 20.6 Å². The summed E-state index contributed by atoms with van der Waals surface area (Å²) in [5.74, 6) is 0. The lowest BCUT2D eigenvalue weighted by Gasteiger charge is -2.35. The summed E-state index contributed by atoms with van der Waals surface area (Å²) < 4.78 is 0. The van der Waals surface area contributed by atoms with Crippen LogP contribution in [0, 0.1) is 0 Å². The Morgan fingerprint density at radius 1 is 1.48 bits per heavy atom. The number of nitrogens with zero attached hydrogens (tertiary/aromatic N) is 1. The molecule has 0 aliphatic carbocycles. The van der Waals surface area contributed by atoms with Crippen molar-refractivity contribution in [2.45, 2.75) is 44.9 Å². The van der Waals surface area contributed by atoms with Gasteiger partial charge in [0.1, 0.15) is 0 Å². The Bertz CT molecular complexity index is 490. The molecule has 3 unspecified atom stereocenters. The number of aliphatic hydroxyl groups is 1. The van der Waals surface area contributed by atoms with Gasteiger partial charge in [-0.25, -0.2) is 4.79 Å². The molecule has 1 aliphatic rings. The molecule has 1 saturated heterocycles. The average Bonchev–Trinajstić information content (AvgIpc) is 2.43. The highest BCUT2D eigenvalue weighted by molar-refractivity contribution is 5.89. The van der Waals surface area contributed by atoms with Crippen LogP contribution in [0.2, 0.25) is 0 Å². The van der Waals surface area contributed by atoms with Gasteiger partial charge >= 0.3 is 6.03 Å². The van der Waals surface area contributed by atoms with Crippen LogP contribution in [-0.4, -0.2) is 41.7 Å². The van der Waals surface area contributed by atoms with Crippen LogP contribution in [-0.2, 0) is 0 Å². The summed E-state index contributed by atoms with van der Waals surface area (Å²) in [6.45, 7) is 4.89. The van der Waals surface area contributed by atoms with Gasteiger partial charge in [-0.05, 0) is 51.4 Å². The van der Waals surface area contributed by atoms with Crippen LogP contribution >= 0.6 is 0 Å². The second-order valence-electron chi connectivity index (χ2n) is 5.95. The molecule has 0 saturated carbocycles. The lowest BCUT2D eigenvalue weighted by molar-refractivity contribution is 0.170. The third kappa shape index (κ3) is 4.44. The van der Waals surface area contributed by atoms with E-state index in [9.17, 15) is 9.90 Å². The molecule has 5 nitrogen and oxygen atoms in total. The van der Waals surface area contributed by atoms with E-state index in [1.165, 1.54) is 0 Å². The van der Waals surface area contributed by atoms with E-state index in [4.69, 9.17) is 0 Å². The predicted molar refractivity (Wildman–Crippen MR) is 84.3 cm³/mol. The van der Waals surface area contributed by atoms with Crippen molar-refractivity contribution in [2.24, 2.45) is 0 Å². The molecule has 116 valence electrons. The van der Waals surface area contributed by atoms with Gasteiger partial charge in [0.25, 0.3) is 0 Å². The molecule has 2 rings (SSSR count). The summed E-state index contributed by atoms with van der Waals surface area (Å²) >= 11 is 0. The van der Waals surface area contributed by atoms with Crippen molar-refractivity contribution in [3.05, 3.63) is 29.8 Å². The molecule has 3 atom stereocenters. The van der Waals surface area contributed by atoms with Crippen LogP contribution in [0.15, 0.2) is 24.3 Å². The summed E-state index contributed by atoms with van der Waals surface area (Å²) in [5.41, 5.74) is 1.49. The van der Waals surface area contributed by atoms with E-state index in [1.807, 2.05) is 18.2 Å². The van der Waals surface area contributed by atoms with E-state index in [0.29, 0.717) is 11.7 Å². The van der Waals surface area contributed by atoms with Gasteiger partial charge in [0.2, 0.25) is 0 Å². The zero-order chi connectivity index (χ0) is 15.4. The van der Waals surface area contributed by atoms with Gasteiger partial charge in [0.15, 0.2) is 0 Å². The first-order valence-electron chi connectivity index (χ1n) is 7.51. The number of nitrogens with one attached hydrogen (secondary N) is 2. The van der Waals surface area contributed by atoms with E-state index < -0.39 is 6.10 Å². The first-order valence-corrected chi connectivity index (χ1v) is 7.51. The maximum Gasteiger partial charge on any atom is 0.319 e. The number of carbonyl (C=O) groups is 1. The number of hydrogen-bond donors (Lipinski definition) is 3. The molecule has 0 radical (unpaired) electrons. The zero-order valence-electron chi connectivity index (χ0n) is 13.0. The summed E-state index contributed by atoms with van der Waals surface area (Å²) in [4.78, 5) is 14.4. The smallest absolute Gasteiger partial charge is 0.319 e. The van der Waals surface area contributed by atoms with Gasteiger partial charge in [-0.1, -0.05) is 12.1 Å². The van der Waals surface area contributed by atoms with Crippen LogP contribution in [0.3, 0.4) is 0 Å². The lowest BCUT2D eigenvalue weighted by Crippen LogP contribution is -2.48. The van der Waals surface area contributed by atoms with Gasteiger partial charge in [0, 0.05) is 24.3 Å². The average molecular weight is 291 g/mol. The van der Waals surface area contributed by atoms with Crippen molar-refractivity contribution in [1.29, 1.82) is 0 Å². The summed E-state index contributed by atoms with van der Waals surface area (Å²) in [5, 5.41) is 15.4. The van der Waals surface area contributed by atoms with Gasteiger partial charge in [-0.2, -0.15) is 0 Å². The maximum absolute atomic E-state index is 12.1. The lowest BCUT2D eigenvalue weighted by atomic mass is 9.99. The minimum Gasteiger partial charge on any atom is -0.389 e. The van der Waals surface area contributed by atoms with Gasteiger partial charge in [-0.15, -0.1) is 0 Å². The predicted octanol–water partition coefficient (Wildman–Crippen LogP) is 2.34. The summed E-state index contributed by atoms with van der Waals surface area (Å²) in [6, 6.07) is 7.81. The molecule has 2 amide bonds. The van der Waals surface area contributed by atoms with E-state index >= 15 is 0 Å². The zero-order valence-corrected chi connectivity index (χ0v) is 13.0. The quantitative estimate of drug-likeness (QED) is 0.801. The van der Waals surface area contributed by atoms with Crippen LogP contribution in [0.1, 0.15) is 38.4 Å². The van der Waals surface area contributed by atoms with Crippen LogP contribution in [0.25, 0.3) is 0 Å². The second kappa shape index (κ2) is 6.91. The van der Waals surface area contributed by atoms with E-state index in [2.05, 4.69) is 29.5 Å². The minimum atomic E-state index is -0.537. The molecule has 1 aromatic carbocycles. The molecular formula is C16H25N3O2. The van der Waals surface area contributed by atoms with Gasteiger partial charge in [-0.3, -0.25) is 0 Å². The fourth-order valence-electron chi connectivity index (χ4n) is 2.65. The Kier molecular flexibility index (Phi) is 5.20. The van der Waals surface area contributed by atoms with Crippen molar-refractivity contribution in [3.63, 3.8) is 0 Å². The van der Waals surface area contributed by atoms with Crippen molar-refractivity contribution in [2.75, 3.05) is 18.9 Å². The first-order chi connectivity index (χ1) is 9.95. The number of benzene rings is 1. The molecular weight excluding hydrogens is 266 g/mol. The SMILES string of the molecule is CC(O)c1cccc(NC(=O)NC2CCN(C)C(C)C2)c1. The highest BCUT2D eigenvalue weighted by Crippen LogP contribution is 2.18. The van der Waals surface area contributed by atoms with Crippen molar-refractivity contribution in [1.82, 2.24) is 10.2 Å².